The Hall–Kier alpha value is -17.2. The summed E-state index contributed by atoms with van der Waals surface area (Å²) >= 11 is 7.37. The molecule has 138 heavy (non-hydrogen) atoms. The Kier molecular flexibility index (Phi) is 18.6. The van der Waals surface area contributed by atoms with Crippen molar-refractivity contribution in [3.05, 3.63) is 455 Å². The average molecular weight is 1830 g/mol. The Balaban J connectivity index is 0.000000102. The van der Waals surface area contributed by atoms with Crippen molar-refractivity contribution in [1.82, 2.24) is 43.2 Å². The fourth-order valence-corrected chi connectivity index (χ4v) is 25.4. The highest BCUT2D eigenvalue weighted by Crippen LogP contribution is 2.51. The predicted molar refractivity (Wildman–Crippen MR) is 585 cm³/mol. The van der Waals surface area contributed by atoms with E-state index in [-0.39, 0.29) is 0 Å². The topological polar surface area (TPSA) is 84.2 Å². The summed E-state index contributed by atoms with van der Waals surface area (Å²) in [5, 5.41) is 25.0. The van der Waals surface area contributed by atoms with Gasteiger partial charge < -0.3 is 0 Å². The maximum atomic E-state index is 5.47. The Bertz CT molecular complexity index is 9980. The molecular weight excluding hydrogens is 1760 g/mol. The molecule has 644 valence electrons. The smallest absolute Gasteiger partial charge is 0.155 e. The number of benzene rings is 21. The average Bonchev–Trinajstić information content (AvgIpc) is 1.54. The van der Waals surface area contributed by atoms with Crippen molar-refractivity contribution in [1.29, 1.82) is 0 Å². The number of nitrogens with zero attached hydrogens (tertiary/aromatic N) is 9. The standard InChI is InChI=1S/C43H26N2S2.C41H25N5.C41H24N2S2/c1-3-9-27(10-4-1)35-23-25-37(46-35)38-26-24-36(47-38)28-17-21-31(22-18-28)43-44-41-33-15-7-11-29-19-20-30-12-8-16-34(40(30)39(29)33)42(41)45(43)32-13-5-2-6-14-32;1-3-13-30(14-4-1)45-35-20-8-7-19-34(35)43-40(45)28-23-29(25-42-24-28)41-44-38-32-17-9-11-26-21-22-27-12-10-18-33(37(27)36(26)32)39(38)46(41)31-15-5-2-6-16-31;1-2-12-30(13-3-1)43-40-32-15-7-11-27-18-17-26-10-6-14-31(37(26)38(27)32)39(40)42-41(43)36-23-22-35(45-36)34-21-20-33(44-34)29-19-16-25-8-4-5-9-28(25)24-29/h1-26H;1-25H;1-24H. The number of para-hydroxylation sites is 6. The summed E-state index contributed by atoms with van der Waals surface area (Å²) in [6.45, 7) is 0. The Morgan fingerprint density at radius 2 is 0.471 bits per heavy atom. The van der Waals surface area contributed by atoms with E-state index in [9.17, 15) is 0 Å². The molecule has 0 aliphatic heterocycles. The summed E-state index contributed by atoms with van der Waals surface area (Å²) < 4.78 is 9.25. The van der Waals surface area contributed by atoms with Gasteiger partial charge in [-0.2, -0.15) is 0 Å². The molecule has 0 atom stereocenters. The van der Waals surface area contributed by atoms with E-state index < -0.39 is 0 Å². The molecule has 0 bridgehead atoms. The van der Waals surface area contributed by atoms with Crippen molar-refractivity contribution in [2.24, 2.45) is 0 Å². The molecule has 13 heteroatoms. The van der Waals surface area contributed by atoms with Gasteiger partial charge in [-0.15, -0.1) is 45.3 Å². The van der Waals surface area contributed by atoms with Gasteiger partial charge in [0.2, 0.25) is 0 Å². The Labute approximate surface area is 807 Å². The lowest BCUT2D eigenvalue weighted by Gasteiger charge is -2.15. The van der Waals surface area contributed by atoms with Crippen molar-refractivity contribution in [2.75, 3.05) is 0 Å². The van der Waals surface area contributed by atoms with Crippen LogP contribution in [0, 0.1) is 0 Å². The molecule has 0 N–H and O–H groups in total. The van der Waals surface area contributed by atoms with Gasteiger partial charge in [0.15, 0.2) is 5.82 Å². The maximum Gasteiger partial charge on any atom is 0.155 e. The second-order valence-electron chi connectivity index (χ2n) is 35.2. The van der Waals surface area contributed by atoms with Crippen LogP contribution in [0.3, 0.4) is 0 Å². The van der Waals surface area contributed by atoms with Crippen LogP contribution in [-0.4, -0.2) is 43.2 Å². The number of imidazole rings is 4. The van der Waals surface area contributed by atoms with Crippen LogP contribution in [0.15, 0.2) is 455 Å². The fraction of sp³-hybridized carbons (Fsp3) is 0. The van der Waals surface area contributed by atoms with Crippen LogP contribution in [-0.2, 0) is 0 Å². The van der Waals surface area contributed by atoms with Gasteiger partial charge in [-0.25, -0.2) is 19.9 Å². The highest BCUT2D eigenvalue weighted by Gasteiger charge is 2.29. The van der Waals surface area contributed by atoms with Gasteiger partial charge in [-0.05, 0) is 213 Å². The van der Waals surface area contributed by atoms with Gasteiger partial charge in [0.25, 0.3) is 0 Å². The molecule has 30 aromatic rings. The van der Waals surface area contributed by atoms with Crippen LogP contribution in [0.25, 0.3) is 270 Å². The number of aromatic nitrogens is 9. The number of rotatable bonds is 13. The third-order valence-electron chi connectivity index (χ3n) is 27.3. The highest BCUT2D eigenvalue weighted by atomic mass is 32.1. The molecule has 0 saturated carbocycles. The van der Waals surface area contributed by atoms with E-state index >= 15 is 0 Å². The van der Waals surface area contributed by atoms with Crippen molar-refractivity contribution < 1.29 is 0 Å². The second-order valence-corrected chi connectivity index (χ2v) is 39.6. The highest BCUT2D eigenvalue weighted by molar-refractivity contribution is 7.26. The number of hydrogen-bond donors (Lipinski definition) is 0. The van der Waals surface area contributed by atoms with Crippen molar-refractivity contribution in [2.45, 2.75) is 0 Å². The molecular formula is C125H75N9S4. The molecule has 21 aromatic carbocycles. The van der Waals surface area contributed by atoms with Gasteiger partial charge >= 0.3 is 0 Å². The first kappa shape index (κ1) is 79.4. The van der Waals surface area contributed by atoms with Crippen molar-refractivity contribution >= 4 is 197 Å². The molecule has 0 radical (unpaired) electrons. The normalized spacial score (nSPS) is 11.9. The molecule has 9 nitrogen and oxygen atoms in total. The molecule has 30 rings (SSSR count). The minimum Gasteiger partial charge on any atom is -0.292 e. The van der Waals surface area contributed by atoms with Crippen LogP contribution < -0.4 is 0 Å². The maximum absolute atomic E-state index is 5.47. The summed E-state index contributed by atoms with van der Waals surface area (Å²) in [4.78, 5) is 36.4. The predicted octanol–water partition coefficient (Wildman–Crippen LogP) is 34.9. The zero-order valence-electron chi connectivity index (χ0n) is 74.0. The van der Waals surface area contributed by atoms with Crippen LogP contribution in [0.5, 0.6) is 0 Å². The quantitative estimate of drug-likeness (QED) is 0.107. The first-order valence-electron chi connectivity index (χ1n) is 46.4. The number of thiophene rings is 4. The van der Waals surface area contributed by atoms with E-state index in [4.69, 9.17) is 24.9 Å². The lowest BCUT2D eigenvalue weighted by molar-refractivity contribution is 1.08. The zero-order valence-corrected chi connectivity index (χ0v) is 77.2. The summed E-state index contributed by atoms with van der Waals surface area (Å²) in [5.74, 6) is 3.62. The SMILES string of the molecule is c1ccc(-c2ccc(-c3ccc(-c4ccc(-c5nc6c7cccc8ccc9cccc(c9c87)c6n5-c5ccccc5)cc4)s3)s2)cc1.c1ccc(-n2c(-c3ccc(-c4ccc(-c5ccc6ccccc6c5)s4)s3)nc3c4cccc5ccc6cccc(c6c54)c32)cc1.c1ccc(-n2c(-c3cncc(-c4nc5c6cccc7ccc8cccc(c8c76)c5n4-c4ccccc4)c3)nc3ccccc32)cc1. The molecule has 0 aliphatic rings. The van der Waals surface area contributed by atoms with Crippen LogP contribution >= 0.6 is 45.3 Å². The van der Waals surface area contributed by atoms with E-state index in [1.54, 1.807) is 0 Å². The van der Waals surface area contributed by atoms with Crippen LogP contribution in [0.2, 0.25) is 0 Å². The third kappa shape index (κ3) is 13.0. The van der Waals surface area contributed by atoms with Gasteiger partial charge in [-0.3, -0.25) is 23.3 Å². The van der Waals surface area contributed by atoms with E-state index in [2.05, 4.69) is 449 Å². The second kappa shape index (κ2) is 32.3. The van der Waals surface area contributed by atoms with Crippen molar-refractivity contribution in [3.63, 3.8) is 0 Å². The third-order valence-corrected chi connectivity index (χ3v) is 32.2. The van der Waals surface area contributed by atoms with Crippen LogP contribution in [0.4, 0.5) is 0 Å². The van der Waals surface area contributed by atoms with Gasteiger partial charge in [-0.1, -0.05) is 322 Å². The fourth-order valence-electron chi connectivity index (χ4n) is 21.2. The molecule has 0 spiro atoms. The van der Waals surface area contributed by atoms with Crippen LogP contribution in [0.1, 0.15) is 0 Å². The summed E-state index contributed by atoms with van der Waals surface area (Å²) in [5.41, 5.74) is 19.5. The number of fused-ring (bicyclic) bond motifs is 11. The minimum atomic E-state index is 0.839. The molecule has 9 aromatic heterocycles. The molecule has 9 heterocycles. The number of pyridine rings is 1. The monoisotopic (exact) mass is 1830 g/mol. The first-order valence-corrected chi connectivity index (χ1v) is 49.6. The molecule has 0 fully saturated rings. The molecule has 0 amide bonds. The molecule has 0 saturated heterocycles. The van der Waals surface area contributed by atoms with E-state index in [1.165, 1.54) is 153 Å². The molecule has 0 aliphatic carbocycles. The van der Waals surface area contributed by atoms with Gasteiger partial charge in [0.1, 0.15) is 17.5 Å². The van der Waals surface area contributed by atoms with Crippen molar-refractivity contribution in [3.8, 4) is 118 Å². The first-order chi connectivity index (χ1) is 68.4. The van der Waals surface area contributed by atoms with E-state index in [0.717, 1.165) is 117 Å². The lowest BCUT2D eigenvalue weighted by Crippen LogP contribution is -2.00. The lowest BCUT2D eigenvalue weighted by atomic mass is 9.93. The Morgan fingerprint density at radius 3 is 0.920 bits per heavy atom. The number of hydrogen-bond acceptors (Lipinski definition) is 9. The summed E-state index contributed by atoms with van der Waals surface area (Å²) in [6.07, 6.45) is 3.82. The van der Waals surface area contributed by atoms with E-state index in [1.807, 2.05) is 69.9 Å². The van der Waals surface area contributed by atoms with Gasteiger partial charge in [0.05, 0.1) is 49.0 Å². The van der Waals surface area contributed by atoms with Gasteiger partial charge in [0, 0.05) is 118 Å². The minimum absolute atomic E-state index is 0.839. The Morgan fingerprint density at radius 1 is 0.174 bits per heavy atom. The summed E-state index contributed by atoms with van der Waals surface area (Å²) in [6, 6.07) is 159. The molecule has 0 unspecified atom stereocenters. The van der Waals surface area contributed by atoms with E-state index in [0.29, 0.717) is 0 Å². The summed E-state index contributed by atoms with van der Waals surface area (Å²) in [7, 11) is 0. The largest absolute Gasteiger partial charge is 0.292 e. The zero-order chi connectivity index (χ0) is 90.6.